The van der Waals surface area contributed by atoms with Gasteiger partial charge in [0.15, 0.2) is 0 Å². The first kappa shape index (κ1) is 13.3. The molecule has 1 amide bonds. The van der Waals surface area contributed by atoms with Crippen molar-refractivity contribution < 1.29 is 9.53 Å². The molecule has 17 heavy (non-hydrogen) atoms. The third-order valence-corrected chi connectivity index (χ3v) is 2.45. The Morgan fingerprint density at radius 2 is 2.24 bits per heavy atom. The van der Waals surface area contributed by atoms with Gasteiger partial charge < -0.3 is 16.2 Å². The van der Waals surface area contributed by atoms with Gasteiger partial charge in [0.1, 0.15) is 11.4 Å². The number of aryl methyl sites for hydroxylation is 1. The minimum Gasteiger partial charge on any atom is -0.444 e. The number of nitrogens with two attached hydrogens (primary N) is 2. The number of nitrogens with zero attached hydrogens (tertiary/aromatic N) is 2. The van der Waals surface area contributed by atoms with Crippen LogP contribution in [0.2, 0.25) is 0 Å². The van der Waals surface area contributed by atoms with E-state index in [-0.39, 0.29) is 0 Å². The van der Waals surface area contributed by atoms with Crippen LogP contribution in [-0.4, -0.2) is 21.5 Å². The third-order valence-electron chi connectivity index (χ3n) is 2.45. The van der Waals surface area contributed by atoms with E-state index in [9.17, 15) is 4.79 Å². The molecule has 0 aliphatic rings. The van der Waals surface area contributed by atoms with Crippen molar-refractivity contribution in [1.29, 1.82) is 0 Å². The highest BCUT2D eigenvalue weighted by atomic mass is 16.6. The molecule has 1 heterocycles. The molecule has 1 rings (SSSR count). The maximum absolute atomic E-state index is 10.6. The average Bonchev–Trinajstić information content (AvgIpc) is 2.57. The molecule has 0 saturated carbocycles. The number of primary amides is 1. The summed E-state index contributed by atoms with van der Waals surface area (Å²) >= 11 is 0. The van der Waals surface area contributed by atoms with E-state index < -0.39 is 11.7 Å². The normalized spacial score (nSPS) is 11.4. The molecule has 6 heteroatoms. The molecule has 0 bridgehead atoms. The van der Waals surface area contributed by atoms with Gasteiger partial charge in [0.05, 0.1) is 0 Å². The number of unbranched alkanes of at least 4 members (excludes halogenated alkanes) is 1. The summed E-state index contributed by atoms with van der Waals surface area (Å²) < 4.78 is 6.79. The Morgan fingerprint density at radius 3 is 2.76 bits per heavy atom. The molecule has 6 nitrogen and oxygen atoms in total. The molecule has 0 radical (unpaired) electrons. The second-order valence-corrected chi connectivity index (χ2v) is 4.64. The van der Waals surface area contributed by atoms with Gasteiger partial charge in [-0.15, -0.1) is 0 Å². The van der Waals surface area contributed by atoms with E-state index in [1.165, 1.54) is 0 Å². The zero-order valence-corrected chi connectivity index (χ0v) is 10.3. The van der Waals surface area contributed by atoms with Gasteiger partial charge in [-0.25, -0.2) is 4.79 Å². The van der Waals surface area contributed by atoms with Crippen LogP contribution in [0.3, 0.4) is 0 Å². The Kier molecular flexibility index (Phi) is 4.37. The fourth-order valence-corrected chi connectivity index (χ4v) is 1.65. The Bertz CT molecular complexity index is 373. The maximum Gasteiger partial charge on any atom is 0.405 e. The number of hydrogen-bond acceptors (Lipinski definition) is 4. The third kappa shape index (κ3) is 5.24. The van der Waals surface area contributed by atoms with E-state index in [1.54, 1.807) is 10.7 Å². The molecule has 0 aromatic carbocycles. The first-order valence-corrected chi connectivity index (χ1v) is 5.66. The predicted octanol–water partition coefficient (Wildman–Crippen LogP) is 1.51. The van der Waals surface area contributed by atoms with E-state index in [0.717, 1.165) is 25.8 Å². The van der Waals surface area contributed by atoms with Gasteiger partial charge in [0, 0.05) is 12.7 Å². The Balaban J connectivity index is 2.21. The Morgan fingerprint density at radius 1 is 1.53 bits per heavy atom. The number of hydrogen-bond donors (Lipinski definition) is 2. The zero-order valence-electron chi connectivity index (χ0n) is 10.3. The molecule has 0 fully saturated rings. The lowest BCUT2D eigenvalue weighted by Gasteiger charge is -2.23. The summed E-state index contributed by atoms with van der Waals surface area (Å²) in [5.41, 5.74) is 9.99. The molecule has 0 aliphatic heterocycles. The van der Waals surface area contributed by atoms with Crippen LogP contribution < -0.4 is 11.5 Å². The number of rotatable bonds is 6. The standard InChI is InChI=1S/C11H20N4O2/c1-11(2,17-10(13)16)6-3-4-7-15-8-5-9(12)14-15/h5,8H,3-4,6-7H2,1-2H3,(H2,12,14)(H2,13,16). The van der Waals surface area contributed by atoms with Crippen molar-refractivity contribution in [3.63, 3.8) is 0 Å². The number of carbonyl (C=O) groups excluding carboxylic acids is 1. The van der Waals surface area contributed by atoms with Crippen LogP contribution in [0.15, 0.2) is 12.3 Å². The highest BCUT2D eigenvalue weighted by molar-refractivity contribution is 5.65. The topological polar surface area (TPSA) is 96.2 Å². The summed E-state index contributed by atoms with van der Waals surface area (Å²) in [5, 5.41) is 4.08. The second-order valence-electron chi connectivity index (χ2n) is 4.64. The minimum absolute atomic E-state index is 0.505. The van der Waals surface area contributed by atoms with Crippen LogP contribution in [0, 0.1) is 0 Å². The Labute approximate surface area is 101 Å². The van der Waals surface area contributed by atoms with Gasteiger partial charge in [-0.1, -0.05) is 0 Å². The summed E-state index contributed by atoms with van der Waals surface area (Å²) in [4.78, 5) is 10.6. The number of ether oxygens (including phenoxy) is 1. The molecule has 96 valence electrons. The quantitative estimate of drug-likeness (QED) is 0.736. The highest BCUT2D eigenvalue weighted by Crippen LogP contribution is 2.18. The number of amides is 1. The monoisotopic (exact) mass is 240 g/mol. The van der Waals surface area contributed by atoms with E-state index >= 15 is 0 Å². The summed E-state index contributed by atoms with van der Waals surface area (Å²) in [6.07, 6.45) is 3.77. The van der Waals surface area contributed by atoms with E-state index in [1.807, 2.05) is 20.0 Å². The predicted molar refractivity (Wildman–Crippen MR) is 65.2 cm³/mol. The van der Waals surface area contributed by atoms with Crippen molar-refractivity contribution in [2.24, 2.45) is 5.73 Å². The molecule has 0 aliphatic carbocycles. The zero-order chi connectivity index (χ0) is 12.9. The molecule has 1 aromatic heterocycles. The second kappa shape index (κ2) is 5.56. The molecule has 1 aromatic rings. The van der Waals surface area contributed by atoms with Crippen molar-refractivity contribution in [3.05, 3.63) is 12.3 Å². The van der Waals surface area contributed by atoms with Gasteiger partial charge in [-0.3, -0.25) is 4.68 Å². The molecule has 0 spiro atoms. The summed E-state index contributed by atoms with van der Waals surface area (Å²) in [7, 11) is 0. The van der Waals surface area contributed by atoms with Crippen molar-refractivity contribution in [1.82, 2.24) is 9.78 Å². The van der Waals surface area contributed by atoms with Crippen LogP contribution in [0.4, 0.5) is 10.6 Å². The smallest absolute Gasteiger partial charge is 0.405 e. The van der Waals surface area contributed by atoms with Gasteiger partial charge in [-0.2, -0.15) is 5.10 Å². The Hall–Kier alpha value is -1.72. The van der Waals surface area contributed by atoms with Gasteiger partial charge in [-0.05, 0) is 39.2 Å². The maximum atomic E-state index is 10.6. The fraction of sp³-hybridized carbons (Fsp3) is 0.636. The van der Waals surface area contributed by atoms with Crippen molar-refractivity contribution in [2.75, 3.05) is 5.73 Å². The van der Waals surface area contributed by atoms with Crippen LogP contribution in [-0.2, 0) is 11.3 Å². The molecule has 4 N–H and O–H groups in total. The first-order valence-electron chi connectivity index (χ1n) is 5.66. The van der Waals surface area contributed by atoms with Gasteiger partial charge >= 0.3 is 6.09 Å². The van der Waals surface area contributed by atoms with Gasteiger partial charge in [0.25, 0.3) is 0 Å². The van der Waals surface area contributed by atoms with Crippen molar-refractivity contribution in [2.45, 2.75) is 45.3 Å². The number of anilines is 1. The number of aromatic nitrogens is 2. The number of carbonyl (C=O) groups is 1. The summed E-state index contributed by atoms with van der Waals surface area (Å²) in [6, 6.07) is 1.76. The average molecular weight is 240 g/mol. The van der Waals surface area contributed by atoms with Crippen molar-refractivity contribution >= 4 is 11.9 Å². The molecule has 0 unspecified atom stereocenters. The highest BCUT2D eigenvalue weighted by Gasteiger charge is 2.20. The summed E-state index contributed by atoms with van der Waals surface area (Å²) in [5.74, 6) is 0.530. The number of nitrogen functional groups attached to an aromatic ring is 1. The largest absolute Gasteiger partial charge is 0.444 e. The van der Waals surface area contributed by atoms with Crippen molar-refractivity contribution in [3.8, 4) is 0 Å². The SMILES string of the molecule is CC(C)(CCCCn1ccc(N)n1)OC(N)=O. The fourth-order valence-electron chi connectivity index (χ4n) is 1.65. The molecule has 0 atom stereocenters. The minimum atomic E-state index is -0.727. The van der Waals surface area contributed by atoms with Crippen LogP contribution in [0.1, 0.15) is 33.1 Å². The lowest BCUT2D eigenvalue weighted by atomic mass is 10.0. The first-order chi connectivity index (χ1) is 7.89. The van der Waals surface area contributed by atoms with E-state index in [0.29, 0.717) is 5.82 Å². The molecular formula is C11H20N4O2. The lowest BCUT2D eigenvalue weighted by Crippen LogP contribution is -2.31. The molecule has 0 saturated heterocycles. The van der Waals surface area contributed by atoms with E-state index in [2.05, 4.69) is 5.10 Å². The van der Waals surface area contributed by atoms with Crippen LogP contribution in [0.5, 0.6) is 0 Å². The van der Waals surface area contributed by atoms with Crippen LogP contribution >= 0.6 is 0 Å². The van der Waals surface area contributed by atoms with E-state index in [4.69, 9.17) is 16.2 Å². The van der Waals surface area contributed by atoms with Crippen LogP contribution in [0.25, 0.3) is 0 Å². The summed E-state index contributed by atoms with van der Waals surface area (Å²) in [6.45, 7) is 4.51. The molecular weight excluding hydrogens is 220 g/mol. The van der Waals surface area contributed by atoms with Gasteiger partial charge in [0.2, 0.25) is 0 Å². The lowest BCUT2D eigenvalue weighted by molar-refractivity contribution is 0.0370.